The van der Waals surface area contributed by atoms with Crippen LogP contribution in [0.3, 0.4) is 0 Å². The molecule has 1 aliphatic heterocycles. The van der Waals surface area contributed by atoms with E-state index in [0.29, 0.717) is 0 Å². The van der Waals surface area contributed by atoms with E-state index in [1.54, 1.807) is 14.1 Å². The highest BCUT2D eigenvalue weighted by Gasteiger charge is 2.36. The van der Waals surface area contributed by atoms with Gasteiger partial charge in [0.15, 0.2) is 0 Å². The summed E-state index contributed by atoms with van der Waals surface area (Å²) in [6.45, 7) is 0.152. The Bertz CT molecular complexity index is 511. The summed E-state index contributed by atoms with van der Waals surface area (Å²) < 4.78 is 26.3. The third-order valence-electron chi connectivity index (χ3n) is 3.07. The Morgan fingerprint density at radius 1 is 1.26 bits per heavy atom. The minimum Gasteiger partial charge on any atom is -0.349 e. The lowest BCUT2D eigenvalue weighted by molar-refractivity contribution is -0.133. The van der Waals surface area contributed by atoms with Gasteiger partial charge in [0.2, 0.25) is 11.8 Å². The Morgan fingerprint density at radius 2 is 1.84 bits per heavy atom. The quantitative estimate of drug-likeness (QED) is 0.813. The van der Waals surface area contributed by atoms with E-state index in [-0.39, 0.29) is 30.5 Å². The molecule has 0 bridgehead atoms. The molecule has 4 nitrogen and oxygen atoms in total. The van der Waals surface area contributed by atoms with E-state index in [0.717, 1.165) is 18.2 Å². The Hall–Kier alpha value is -1.98. The van der Waals surface area contributed by atoms with Crippen LogP contribution in [0.4, 0.5) is 14.5 Å². The van der Waals surface area contributed by atoms with Gasteiger partial charge in [-0.3, -0.25) is 9.59 Å². The zero-order valence-electron chi connectivity index (χ0n) is 10.7. The molecular weight excluding hydrogens is 254 g/mol. The first-order chi connectivity index (χ1) is 8.88. The third kappa shape index (κ3) is 2.72. The van der Waals surface area contributed by atoms with Crippen molar-refractivity contribution in [2.24, 2.45) is 5.92 Å². The minimum atomic E-state index is -0.745. The molecule has 6 heteroatoms. The molecule has 1 aliphatic rings. The molecule has 0 N–H and O–H groups in total. The fraction of sp³-hybridized carbons (Fsp3) is 0.385. The number of rotatable bonds is 2. The maximum Gasteiger partial charge on any atom is 0.227 e. The molecule has 1 aromatic rings. The zero-order chi connectivity index (χ0) is 14.2. The van der Waals surface area contributed by atoms with E-state index in [1.165, 1.54) is 9.80 Å². The Labute approximate surface area is 109 Å². The lowest BCUT2D eigenvalue weighted by atomic mass is 10.1. The fourth-order valence-corrected chi connectivity index (χ4v) is 2.18. The van der Waals surface area contributed by atoms with Crippen LogP contribution in [0.25, 0.3) is 0 Å². The Morgan fingerprint density at radius 3 is 2.37 bits per heavy atom. The number of benzene rings is 1. The molecule has 0 spiro atoms. The van der Waals surface area contributed by atoms with E-state index in [2.05, 4.69) is 0 Å². The van der Waals surface area contributed by atoms with Gasteiger partial charge in [0.25, 0.3) is 0 Å². The van der Waals surface area contributed by atoms with Crippen molar-refractivity contribution < 1.29 is 18.4 Å². The minimum absolute atomic E-state index is 0.0646. The number of carbonyl (C=O) groups is 2. The molecule has 1 atom stereocenters. The fourth-order valence-electron chi connectivity index (χ4n) is 2.18. The Kier molecular flexibility index (Phi) is 3.50. The van der Waals surface area contributed by atoms with Crippen molar-refractivity contribution in [1.82, 2.24) is 4.90 Å². The number of carbonyl (C=O) groups excluding carboxylic acids is 2. The van der Waals surface area contributed by atoms with E-state index in [1.807, 2.05) is 0 Å². The van der Waals surface area contributed by atoms with Crippen molar-refractivity contribution in [3.05, 3.63) is 29.8 Å². The van der Waals surface area contributed by atoms with E-state index in [4.69, 9.17) is 0 Å². The molecule has 0 saturated carbocycles. The first-order valence-corrected chi connectivity index (χ1v) is 5.86. The summed E-state index contributed by atoms with van der Waals surface area (Å²) in [5.74, 6) is -2.41. The molecule has 1 aromatic carbocycles. The first kappa shape index (κ1) is 13.5. The molecule has 19 heavy (non-hydrogen) atoms. The molecule has 1 unspecified atom stereocenters. The van der Waals surface area contributed by atoms with Gasteiger partial charge in [0, 0.05) is 38.8 Å². The van der Waals surface area contributed by atoms with Crippen LogP contribution < -0.4 is 4.90 Å². The van der Waals surface area contributed by atoms with Crippen LogP contribution >= 0.6 is 0 Å². The predicted octanol–water partition coefficient (Wildman–Crippen LogP) is 1.41. The smallest absolute Gasteiger partial charge is 0.227 e. The maximum atomic E-state index is 13.1. The molecule has 2 amide bonds. The van der Waals surface area contributed by atoms with Gasteiger partial charge < -0.3 is 9.80 Å². The molecule has 0 aliphatic carbocycles. The molecule has 1 heterocycles. The van der Waals surface area contributed by atoms with Crippen LogP contribution in [0.5, 0.6) is 0 Å². The summed E-state index contributed by atoms with van der Waals surface area (Å²) in [7, 11) is 3.22. The highest BCUT2D eigenvalue weighted by molar-refractivity contribution is 6.00. The van der Waals surface area contributed by atoms with Gasteiger partial charge >= 0.3 is 0 Å². The predicted molar refractivity (Wildman–Crippen MR) is 65.5 cm³/mol. The topological polar surface area (TPSA) is 40.6 Å². The SMILES string of the molecule is CN(C)C(=O)C1CC(=O)N(c2cc(F)cc(F)c2)C1. The molecule has 0 radical (unpaired) electrons. The molecule has 1 fully saturated rings. The van der Waals surface area contributed by atoms with Crippen LogP contribution in [-0.4, -0.2) is 37.4 Å². The summed E-state index contributed by atoms with van der Waals surface area (Å²) in [6.07, 6.45) is 0.0646. The average molecular weight is 268 g/mol. The average Bonchev–Trinajstić information content (AvgIpc) is 2.68. The lowest BCUT2D eigenvalue weighted by Gasteiger charge is -2.18. The highest BCUT2D eigenvalue weighted by Crippen LogP contribution is 2.27. The van der Waals surface area contributed by atoms with Gasteiger partial charge in [-0.1, -0.05) is 0 Å². The van der Waals surface area contributed by atoms with Gasteiger partial charge in [-0.25, -0.2) is 8.78 Å². The number of amides is 2. The zero-order valence-corrected chi connectivity index (χ0v) is 10.7. The second-order valence-corrected chi connectivity index (χ2v) is 4.77. The van der Waals surface area contributed by atoms with Crippen molar-refractivity contribution in [3.63, 3.8) is 0 Å². The van der Waals surface area contributed by atoms with Gasteiger partial charge in [-0.2, -0.15) is 0 Å². The van der Waals surface area contributed by atoms with Crippen LogP contribution in [0.1, 0.15) is 6.42 Å². The van der Waals surface area contributed by atoms with Crippen LogP contribution in [0.2, 0.25) is 0 Å². The van der Waals surface area contributed by atoms with Crippen LogP contribution in [0, 0.1) is 17.6 Å². The summed E-state index contributed by atoms with van der Waals surface area (Å²) in [4.78, 5) is 26.3. The third-order valence-corrected chi connectivity index (χ3v) is 3.07. The second kappa shape index (κ2) is 4.95. The van der Waals surface area contributed by atoms with Crippen LogP contribution in [0.15, 0.2) is 18.2 Å². The summed E-state index contributed by atoms with van der Waals surface area (Å²) in [5, 5.41) is 0. The van der Waals surface area contributed by atoms with Crippen molar-refractivity contribution in [2.45, 2.75) is 6.42 Å². The molecule has 2 rings (SSSR count). The van der Waals surface area contributed by atoms with Gasteiger partial charge in [-0.05, 0) is 12.1 Å². The number of hydrogen-bond donors (Lipinski definition) is 0. The van der Waals surface area contributed by atoms with Crippen LogP contribution in [-0.2, 0) is 9.59 Å². The Balaban J connectivity index is 2.22. The van der Waals surface area contributed by atoms with Gasteiger partial charge in [0.1, 0.15) is 11.6 Å². The highest BCUT2D eigenvalue weighted by atomic mass is 19.1. The summed E-state index contributed by atoms with van der Waals surface area (Å²) >= 11 is 0. The summed E-state index contributed by atoms with van der Waals surface area (Å²) in [5.41, 5.74) is 0.150. The number of hydrogen-bond acceptors (Lipinski definition) is 2. The largest absolute Gasteiger partial charge is 0.349 e. The summed E-state index contributed by atoms with van der Waals surface area (Å²) in [6, 6.07) is 2.92. The van der Waals surface area contributed by atoms with E-state index < -0.39 is 17.6 Å². The number of anilines is 1. The van der Waals surface area contributed by atoms with Crippen molar-refractivity contribution in [3.8, 4) is 0 Å². The first-order valence-electron chi connectivity index (χ1n) is 5.86. The molecule has 1 saturated heterocycles. The lowest BCUT2D eigenvalue weighted by Crippen LogP contribution is -2.32. The number of halogens is 2. The van der Waals surface area contributed by atoms with E-state index in [9.17, 15) is 18.4 Å². The molecular formula is C13H14F2N2O2. The normalized spacial score (nSPS) is 18.8. The van der Waals surface area contributed by atoms with Crippen molar-refractivity contribution >= 4 is 17.5 Å². The van der Waals surface area contributed by atoms with Crippen molar-refractivity contribution in [1.29, 1.82) is 0 Å². The molecule has 102 valence electrons. The van der Waals surface area contributed by atoms with Gasteiger partial charge in [0.05, 0.1) is 5.92 Å². The number of nitrogens with zero attached hydrogens (tertiary/aromatic N) is 2. The van der Waals surface area contributed by atoms with Gasteiger partial charge in [-0.15, -0.1) is 0 Å². The second-order valence-electron chi connectivity index (χ2n) is 4.77. The maximum absolute atomic E-state index is 13.1. The van der Waals surface area contributed by atoms with Crippen molar-refractivity contribution in [2.75, 3.05) is 25.5 Å². The standard InChI is InChI=1S/C13H14F2N2O2/c1-16(2)13(19)8-3-12(18)17(7-8)11-5-9(14)4-10(15)6-11/h4-6,8H,3,7H2,1-2H3. The van der Waals surface area contributed by atoms with E-state index >= 15 is 0 Å². The monoisotopic (exact) mass is 268 g/mol. The molecule has 0 aromatic heterocycles.